The molecule has 0 radical (unpaired) electrons. The van der Waals surface area contributed by atoms with Gasteiger partial charge in [0, 0.05) is 48.8 Å². The first-order valence-corrected chi connectivity index (χ1v) is 13.2. The first-order chi connectivity index (χ1) is 16.9. The number of carbonyl (C=O) groups is 3. The summed E-state index contributed by atoms with van der Waals surface area (Å²) in [6, 6.07) is 4.70. The molecule has 1 N–H and O–H groups in total. The molecule has 0 unspecified atom stereocenters. The fraction of sp³-hybridized carbons (Fsp3) is 0.560. The van der Waals surface area contributed by atoms with Gasteiger partial charge in [-0.1, -0.05) is 42.1 Å². The smallest absolute Gasteiger partial charge is 0.322 e. The number of rotatable bonds is 5. The predicted octanol–water partition coefficient (Wildman–Crippen LogP) is 3.26. The highest BCUT2D eigenvalue weighted by atomic mass is 35.5. The molecule has 1 aromatic rings. The quantitative estimate of drug-likeness (QED) is 0.647. The molecule has 1 aromatic carbocycles. The van der Waals surface area contributed by atoms with Crippen LogP contribution >= 0.6 is 23.2 Å². The van der Waals surface area contributed by atoms with Gasteiger partial charge in [-0.3, -0.25) is 19.4 Å². The van der Waals surface area contributed by atoms with E-state index in [1.807, 2.05) is 11.8 Å². The number of amides is 4. The molecule has 188 valence electrons. The van der Waals surface area contributed by atoms with E-state index in [1.54, 1.807) is 28.0 Å². The van der Waals surface area contributed by atoms with Crippen molar-refractivity contribution in [2.24, 2.45) is 0 Å². The van der Waals surface area contributed by atoms with E-state index in [4.69, 9.17) is 23.2 Å². The summed E-state index contributed by atoms with van der Waals surface area (Å²) in [5.41, 5.74) is 1.71. The zero-order valence-corrected chi connectivity index (χ0v) is 21.4. The van der Waals surface area contributed by atoms with Crippen molar-refractivity contribution >= 4 is 41.0 Å². The molecule has 1 aliphatic carbocycles. The summed E-state index contributed by atoms with van der Waals surface area (Å²) in [4.78, 5) is 47.1. The number of nitrogens with zero attached hydrogens (tertiary/aromatic N) is 4. The molecule has 1 saturated heterocycles. The second kappa shape index (κ2) is 9.99. The van der Waals surface area contributed by atoms with Crippen LogP contribution in [0, 0.1) is 0 Å². The van der Waals surface area contributed by atoms with Crippen LogP contribution < -0.4 is 5.32 Å². The van der Waals surface area contributed by atoms with Gasteiger partial charge in [-0.15, -0.1) is 0 Å². The normalized spacial score (nSPS) is 23.9. The topological polar surface area (TPSA) is 76.2 Å². The third kappa shape index (κ3) is 4.63. The molecule has 8 nitrogen and oxygen atoms in total. The van der Waals surface area contributed by atoms with Gasteiger partial charge < -0.3 is 15.1 Å². The first kappa shape index (κ1) is 24.4. The van der Waals surface area contributed by atoms with E-state index < -0.39 is 6.04 Å². The van der Waals surface area contributed by atoms with Gasteiger partial charge in [-0.25, -0.2) is 4.79 Å². The maximum atomic E-state index is 13.6. The van der Waals surface area contributed by atoms with Crippen molar-refractivity contribution in [2.75, 3.05) is 45.8 Å². The number of piperazine rings is 1. The molecule has 4 amide bonds. The summed E-state index contributed by atoms with van der Waals surface area (Å²) in [5.74, 6) is -0.292. The van der Waals surface area contributed by atoms with Gasteiger partial charge in [0.2, 0.25) is 5.91 Å². The van der Waals surface area contributed by atoms with Gasteiger partial charge in [0.15, 0.2) is 0 Å². The number of urea groups is 1. The van der Waals surface area contributed by atoms with Crippen LogP contribution in [0.3, 0.4) is 0 Å². The number of benzene rings is 1. The van der Waals surface area contributed by atoms with Gasteiger partial charge in [0.25, 0.3) is 5.91 Å². The van der Waals surface area contributed by atoms with E-state index >= 15 is 0 Å². The van der Waals surface area contributed by atoms with Crippen LogP contribution in [0.1, 0.15) is 44.2 Å². The Labute approximate surface area is 215 Å². The molecular formula is C25H31Cl2N5O3. The molecule has 10 heteroatoms. The highest BCUT2D eigenvalue weighted by molar-refractivity contribution is 6.35. The predicted molar refractivity (Wildman–Crippen MR) is 134 cm³/mol. The van der Waals surface area contributed by atoms with Crippen LogP contribution in [-0.4, -0.2) is 89.3 Å². The lowest BCUT2D eigenvalue weighted by Gasteiger charge is -2.38. The fourth-order valence-corrected chi connectivity index (χ4v) is 6.37. The molecule has 2 fully saturated rings. The average molecular weight is 520 g/mol. The van der Waals surface area contributed by atoms with Crippen LogP contribution in [0.25, 0.3) is 0 Å². The van der Waals surface area contributed by atoms with Gasteiger partial charge in [-0.05, 0) is 37.5 Å². The van der Waals surface area contributed by atoms with E-state index in [-0.39, 0.29) is 30.9 Å². The maximum Gasteiger partial charge on any atom is 0.322 e. The van der Waals surface area contributed by atoms with Crippen LogP contribution in [0.2, 0.25) is 10.0 Å². The lowest BCUT2D eigenvalue weighted by Crippen LogP contribution is -2.53. The van der Waals surface area contributed by atoms with Crippen molar-refractivity contribution in [1.29, 1.82) is 0 Å². The SMILES string of the molecule is CCN1C(=O)N[C@@H](c2ccc(Cl)cc2Cl)C2=C1CN(CC(=O)N1CCN(C3CCCC3)CC1)C2=O. The van der Waals surface area contributed by atoms with E-state index in [9.17, 15) is 14.4 Å². The molecule has 0 spiro atoms. The third-order valence-corrected chi connectivity index (χ3v) is 8.28. The molecule has 1 atom stereocenters. The van der Waals surface area contributed by atoms with Crippen molar-refractivity contribution in [1.82, 2.24) is 24.9 Å². The van der Waals surface area contributed by atoms with Gasteiger partial charge in [-0.2, -0.15) is 0 Å². The summed E-state index contributed by atoms with van der Waals surface area (Å²) in [6.07, 6.45) is 5.11. The lowest BCUT2D eigenvalue weighted by atomic mass is 9.95. The molecule has 3 heterocycles. The third-order valence-electron chi connectivity index (χ3n) is 7.72. The van der Waals surface area contributed by atoms with Crippen molar-refractivity contribution in [2.45, 2.75) is 44.7 Å². The van der Waals surface area contributed by atoms with Crippen LogP contribution in [-0.2, 0) is 9.59 Å². The van der Waals surface area contributed by atoms with Crippen LogP contribution in [0.5, 0.6) is 0 Å². The summed E-state index contributed by atoms with van der Waals surface area (Å²) in [7, 11) is 0. The Balaban J connectivity index is 1.30. The molecule has 0 bridgehead atoms. The van der Waals surface area contributed by atoms with Crippen molar-refractivity contribution < 1.29 is 14.4 Å². The number of nitrogens with one attached hydrogen (secondary N) is 1. The number of carbonyl (C=O) groups excluding carboxylic acids is 3. The first-order valence-electron chi connectivity index (χ1n) is 12.4. The Morgan fingerprint density at radius 1 is 1.09 bits per heavy atom. The Kier molecular flexibility index (Phi) is 6.97. The molecule has 3 aliphatic heterocycles. The maximum absolute atomic E-state index is 13.6. The van der Waals surface area contributed by atoms with Crippen molar-refractivity contribution in [3.05, 3.63) is 45.1 Å². The summed E-state index contributed by atoms with van der Waals surface area (Å²) < 4.78 is 0. The Bertz CT molecular complexity index is 1060. The number of hydrogen-bond donors (Lipinski definition) is 1. The molecule has 1 saturated carbocycles. The molecule has 5 rings (SSSR count). The summed E-state index contributed by atoms with van der Waals surface area (Å²) in [5, 5.41) is 3.77. The highest BCUT2D eigenvalue weighted by Crippen LogP contribution is 2.39. The average Bonchev–Trinajstić information content (AvgIpc) is 3.48. The summed E-state index contributed by atoms with van der Waals surface area (Å²) in [6.45, 7) is 5.67. The zero-order chi connectivity index (χ0) is 24.7. The van der Waals surface area contributed by atoms with E-state index in [0.29, 0.717) is 52.6 Å². The summed E-state index contributed by atoms with van der Waals surface area (Å²) >= 11 is 12.5. The van der Waals surface area contributed by atoms with E-state index in [0.717, 1.165) is 13.1 Å². The van der Waals surface area contributed by atoms with Crippen LogP contribution in [0.4, 0.5) is 4.79 Å². The fourth-order valence-electron chi connectivity index (χ4n) is 5.85. The molecular weight excluding hydrogens is 489 g/mol. The minimum absolute atomic E-state index is 0.00206. The monoisotopic (exact) mass is 519 g/mol. The molecule has 4 aliphatic rings. The standard InChI is InChI=1S/C25H31Cl2N5O3/c1-2-32-20-14-31(15-21(33)30-11-9-29(10-12-30)17-5-3-4-6-17)24(34)22(20)23(28-25(32)35)18-8-7-16(26)13-19(18)27/h7-8,13,17,23H,2-6,9-12,14-15H2,1H3,(H,28,35)/t23-/m0/s1. The van der Waals surface area contributed by atoms with E-state index in [2.05, 4.69) is 10.2 Å². The van der Waals surface area contributed by atoms with Gasteiger partial charge >= 0.3 is 6.03 Å². The number of halogens is 2. The number of hydrogen-bond acceptors (Lipinski definition) is 4. The minimum Gasteiger partial charge on any atom is -0.339 e. The Morgan fingerprint density at radius 2 is 1.80 bits per heavy atom. The van der Waals surface area contributed by atoms with Gasteiger partial charge in [0.05, 0.1) is 23.9 Å². The largest absolute Gasteiger partial charge is 0.339 e. The highest BCUT2D eigenvalue weighted by Gasteiger charge is 2.45. The molecule has 35 heavy (non-hydrogen) atoms. The number of likely N-dealkylation sites (N-methyl/N-ethyl adjacent to an activating group) is 1. The molecule has 0 aromatic heterocycles. The van der Waals surface area contributed by atoms with Crippen LogP contribution in [0.15, 0.2) is 29.5 Å². The Morgan fingerprint density at radius 3 is 2.46 bits per heavy atom. The minimum atomic E-state index is -0.687. The second-order valence-corrected chi connectivity index (χ2v) is 10.5. The lowest BCUT2D eigenvalue weighted by molar-refractivity contribution is -0.139. The van der Waals surface area contributed by atoms with E-state index in [1.165, 1.54) is 25.7 Å². The Hall–Kier alpha value is -2.29. The van der Waals surface area contributed by atoms with Crippen molar-refractivity contribution in [3.63, 3.8) is 0 Å². The zero-order valence-electron chi connectivity index (χ0n) is 19.9. The van der Waals surface area contributed by atoms with Crippen molar-refractivity contribution in [3.8, 4) is 0 Å². The second-order valence-electron chi connectivity index (χ2n) is 9.67. The van der Waals surface area contributed by atoms with Gasteiger partial charge in [0.1, 0.15) is 6.54 Å².